The molecule has 1 aliphatic carbocycles. The van der Waals surface area contributed by atoms with Crippen molar-refractivity contribution in [3.63, 3.8) is 0 Å². The van der Waals surface area contributed by atoms with Gasteiger partial charge in [-0.1, -0.05) is 48.6 Å². The number of rotatable bonds is 0. The van der Waals surface area contributed by atoms with E-state index in [1.54, 1.807) is 0 Å². The van der Waals surface area contributed by atoms with Crippen LogP contribution in [0.3, 0.4) is 0 Å². The molecule has 0 saturated carbocycles. The Balaban J connectivity index is 2.26. The number of benzene rings is 3. The summed E-state index contributed by atoms with van der Waals surface area (Å²) in [6, 6.07) is 13.5. The third-order valence-electron chi connectivity index (χ3n) is 4.59. The van der Waals surface area contributed by atoms with Crippen molar-refractivity contribution in [2.45, 2.75) is 26.7 Å². The lowest BCUT2D eigenvalue weighted by molar-refractivity contribution is 0.976. The van der Waals surface area contributed by atoms with E-state index in [0.29, 0.717) is 0 Å². The number of allylic oxidation sites excluding steroid dienone is 1. The van der Waals surface area contributed by atoms with E-state index in [4.69, 9.17) is 0 Å². The van der Waals surface area contributed by atoms with E-state index in [0.717, 1.165) is 0 Å². The van der Waals surface area contributed by atoms with Crippen LogP contribution < -0.4 is 0 Å². The molecule has 0 radical (unpaired) electrons. The van der Waals surface area contributed by atoms with Gasteiger partial charge in [0.15, 0.2) is 0 Å². The van der Waals surface area contributed by atoms with Crippen LogP contribution in [0.2, 0.25) is 0 Å². The molecule has 0 fully saturated rings. The summed E-state index contributed by atoms with van der Waals surface area (Å²) in [6.45, 7) is 4.48. The Labute approximate surface area is 119 Å². The van der Waals surface area contributed by atoms with Crippen molar-refractivity contribution in [1.29, 1.82) is 0 Å². The second-order valence-corrected chi connectivity index (χ2v) is 5.86. The molecule has 98 valence electrons. The standard InChI is InChI=1S/C20H18/c1-13-11-19-18-10-6-4-8-16(18)14(2)12-20(19)17-9-5-3-7-15(13)17/h3,5-7,9-12H,4,8H2,1-2H3. The first-order valence-electron chi connectivity index (χ1n) is 7.37. The fourth-order valence-electron chi connectivity index (χ4n) is 3.59. The quantitative estimate of drug-likeness (QED) is 0.462. The minimum atomic E-state index is 1.17. The van der Waals surface area contributed by atoms with Crippen LogP contribution in [0, 0.1) is 13.8 Å². The second-order valence-electron chi connectivity index (χ2n) is 5.86. The van der Waals surface area contributed by atoms with Crippen LogP contribution >= 0.6 is 0 Å². The molecule has 0 bridgehead atoms. The molecule has 20 heavy (non-hydrogen) atoms. The van der Waals surface area contributed by atoms with Gasteiger partial charge < -0.3 is 0 Å². The Morgan fingerprint density at radius 1 is 0.800 bits per heavy atom. The molecule has 4 rings (SSSR count). The van der Waals surface area contributed by atoms with Gasteiger partial charge in [-0.05, 0) is 70.5 Å². The molecule has 3 aromatic carbocycles. The summed E-state index contributed by atoms with van der Waals surface area (Å²) in [7, 11) is 0. The Bertz CT molecular complexity index is 866. The minimum Gasteiger partial charge on any atom is -0.0836 e. The van der Waals surface area contributed by atoms with E-state index < -0.39 is 0 Å². The molecule has 0 unspecified atom stereocenters. The van der Waals surface area contributed by atoms with E-state index >= 15 is 0 Å². The molecule has 3 aromatic rings. The largest absolute Gasteiger partial charge is 0.0836 e. The fourth-order valence-corrected chi connectivity index (χ4v) is 3.59. The topological polar surface area (TPSA) is 0 Å². The Morgan fingerprint density at radius 2 is 1.55 bits per heavy atom. The molecule has 0 saturated heterocycles. The molecule has 0 heteroatoms. The zero-order valence-electron chi connectivity index (χ0n) is 12.0. The third kappa shape index (κ3) is 1.54. The van der Waals surface area contributed by atoms with E-state index in [1.807, 2.05) is 0 Å². The van der Waals surface area contributed by atoms with Gasteiger partial charge in [-0.2, -0.15) is 0 Å². The number of fused-ring (bicyclic) bond motifs is 5. The smallest absolute Gasteiger partial charge is 0.00964 e. The Kier molecular flexibility index (Phi) is 2.47. The molecule has 0 aliphatic heterocycles. The maximum atomic E-state index is 2.38. The van der Waals surface area contributed by atoms with Crippen LogP contribution in [-0.2, 0) is 6.42 Å². The zero-order chi connectivity index (χ0) is 13.7. The SMILES string of the molecule is Cc1cc2c(cc(C)c3ccccc32)c2c1CCC=C2. The van der Waals surface area contributed by atoms with Crippen LogP contribution in [0.1, 0.15) is 28.7 Å². The van der Waals surface area contributed by atoms with Crippen LogP contribution in [0.5, 0.6) is 0 Å². The molecule has 0 amide bonds. The lowest BCUT2D eigenvalue weighted by Gasteiger charge is -2.18. The van der Waals surface area contributed by atoms with E-state index in [2.05, 4.69) is 62.4 Å². The predicted octanol–water partition coefficient (Wildman–Crippen LogP) is 5.57. The predicted molar refractivity (Wildman–Crippen MR) is 88.3 cm³/mol. The molecular weight excluding hydrogens is 240 g/mol. The Hall–Kier alpha value is -2.08. The van der Waals surface area contributed by atoms with Gasteiger partial charge in [-0.15, -0.1) is 0 Å². The van der Waals surface area contributed by atoms with Crippen LogP contribution in [0.25, 0.3) is 27.6 Å². The maximum Gasteiger partial charge on any atom is -0.00964 e. The van der Waals surface area contributed by atoms with Gasteiger partial charge in [-0.3, -0.25) is 0 Å². The van der Waals surface area contributed by atoms with Crippen LogP contribution in [0.4, 0.5) is 0 Å². The van der Waals surface area contributed by atoms with Crippen molar-refractivity contribution in [2.24, 2.45) is 0 Å². The first-order valence-corrected chi connectivity index (χ1v) is 7.37. The van der Waals surface area contributed by atoms with Crippen molar-refractivity contribution in [3.8, 4) is 0 Å². The van der Waals surface area contributed by atoms with Gasteiger partial charge in [0, 0.05) is 0 Å². The van der Waals surface area contributed by atoms with Crippen molar-refractivity contribution in [1.82, 2.24) is 0 Å². The maximum absolute atomic E-state index is 2.38. The van der Waals surface area contributed by atoms with Crippen LogP contribution in [0.15, 0.2) is 42.5 Å². The van der Waals surface area contributed by atoms with Crippen molar-refractivity contribution in [2.75, 3.05) is 0 Å². The van der Waals surface area contributed by atoms with Gasteiger partial charge in [0.2, 0.25) is 0 Å². The summed E-state index contributed by atoms with van der Waals surface area (Å²) < 4.78 is 0. The number of aryl methyl sites for hydroxylation is 2. The first kappa shape index (κ1) is 11.7. The summed E-state index contributed by atoms with van der Waals surface area (Å²) in [5.74, 6) is 0. The van der Waals surface area contributed by atoms with Crippen molar-refractivity contribution < 1.29 is 0 Å². The van der Waals surface area contributed by atoms with Gasteiger partial charge >= 0.3 is 0 Å². The Morgan fingerprint density at radius 3 is 2.40 bits per heavy atom. The summed E-state index contributed by atoms with van der Waals surface area (Å²) >= 11 is 0. The lowest BCUT2D eigenvalue weighted by Crippen LogP contribution is -1.99. The van der Waals surface area contributed by atoms with E-state index in [9.17, 15) is 0 Å². The van der Waals surface area contributed by atoms with Crippen molar-refractivity contribution in [3.05, 3.63) is 64.7 Å². The monoisotopic (exact) mass is 258 g/mol. The van der Waals surface area contributed by atoms with E-state index in [1.165, 1.54) is 56.6 Å². The normalized spacial score (nSPS) is 13.9. The number of hydrogen-bond donors (Lipinski definition) is 0. The first-order chi connectivity index (χ1) is 9.75. The zero-order valence-corrected chi connectivity index (χ0v) is 12.0. The summed E-state index contributed by atoms with van der Waals surface area (Å²) in [6.07, 6.45) is 6.99. The molecule has 1 aliphatic rings. The highest BCUT2D eigenvalue weighted by Crippen LogP contribution is 2.36. The number of hydrogen-bond acceptors (Lipinski definition) is 0. The van der Waals surface area contributed by atoms with E-state index in [-0.39, 0.29) is 0 Å². The molecule has 0 aromatic heterocycles. The second kappa shape index (κ2) is 4.21. The van der Waals surface area contributed by atoms with Gasteiger partial charge in [0.25, 0.3) is 0 Å². The molecule has 0 nitrogen and oxygen atoms in total. The van der Waals surface area contributed by atoms with Crippen molar-refractivity contribution >= 4 is 27.6 Å². The summed E-state index contributed by atoms with van der Waals surface area (Å²) in [5.41, 5.74) is 5.79. The molecule has 0 atom stereocenters. The molecular formula is C20H18. The average molecular weight is 258 g/mol. The highest BCUT2D eigenvalue weighted by molar-refractivity contribution is 6.12. The van der Waals surface area contributed by atoms with Crippen LogP contribution in [-0.4, -0.2) is 0 Å². The lowest BCUT2D eigenvalue weighted by atomic mass is 9.86. The average Bonchev–Trinajstić information content (AvgIpc) is 2.49. The summed E-state index contributed by atoms with van der Waals surface area (Å²) in [4.78, 5) is 0. The molecule has 0 N–H and O–H groups in total. The third-order valence-corrected chi connectivity index (χ3v) is 4.59. The molecule has 0 heterocycles. The fraction of sp³-hybridized carbons (Fsp3) is 0.200. The molecule has 0 spiro atoms. The van der Waals surface area contributed by atoms with Gasteiger partial charge in [0.1, 0.15) is 0 Å². The van der Waals surface area contributed by atoms with Gasteiger partial charge in [0.05, 0.1) is 0 Å². The minimum absolute atomic E-state index is 1.17. The highest BCUT2D eigenvalue weighted by Gasteiger charge is 2.14. The van der Waals surface area contributed by atoms with Gasteiger partial charge in [-0.25, -0.2) is 0 Å². The highest BCUT2D eigenvalue weighted by atomic mass is 14.2. The summed E-state index contributed by atoms with van der Waals surface area (Å²) in [5, 5.41) is 5.57.